The number of aryl methyl sites for hydroxylation is 1. The number of nitrogens with zero attached hydrogens (tertiary/aromatic N) is 4. The number of fused-ring (bicyclic) bond motifs is 1. The summed E-state index contributed by atoms with van der Waals surface area (Å²) in [6.45, 7) is 0.352. The van der Waals surface area contributed by atoms with Crippen LogP contribution in [0.4, 0.5) is 0 Å². The summed E-state index contributed by atoms with van der Waals surface area (Å²) in [6.07, 6.45) is 3.50. The van der Waals surface area contributed by atoms with Gasteiger partial charge in [0.1, 0.15) is 17.8 Å². The van der Waals surface area contributed by atoms with Crippen molar-refractivity contribution in [3.05, 3.63) is 22.9 Å². The van der Waals surface area contributed by atoms with Crippen molar-refractivity contribution >= 4 is 16.9 Å². The minimum atomic E-state index is -0.550. The molecule has 2 atom stereocenters. The van der Waals surface area contributed by atoms with Crippen LogP contribution in [0.1, 0.15) is 12.8 Å². The third-order valence-electron chi connectivity index (χ3n) is 3.66. The molecule has 1 saturated heterocycles. The van der Waals surface area contributed by atoms with Gasteiger partial charge in [-0.1, -0.05) is 0 Å². The second-order valence-electron chi connectivity index (χ2n) is 5.04. The lowest BCUT2D eigenvalue weighted by Gasteiger charge is -2.13. The summed E-state index contributed by atoms with van der Waals surface area (Å²) in [5.74, 6) is 4.74. The molecule has 9 nitrogen and oxygen atoms in total. The molecule has 2 aromatic rings. The Hall–Kier alpha value is -2.26. The molecule has 9 heteroatoms. The van der Waals surface area contributed by atoms with Crippen molar-refractivity contribution < 1.29 is 9.53 Å². The van der Waals surface area contributed by atoms with Crippen LogP contribution in [-0.2, 0) is 23.1 Å². The highest BCUT2D eigenvalue weighted by molar-refractivity contribution is 5.80. The lowest BCUT2D eigenvalue weighted by Crippen LogP contribution is -2.39. The van der Waals surface area contributed by atoms with Gasteiger partial charge in [-0.15, -0.1) is 0 Å². The van der Waals surface area contributed by atoms with Gasteiger partial charge in [0.05, 0.1) is 18.8 Å². The highest BCUT2D eigenvalue weighted by atomic mass is 16.5. The number of nitrogens with two attached hydrogens (primary N) is 1. The van der Waals surface area contributed by atoms with Crippen molar-refractivity contribution in [2.75, 3.05) is 0 Å². The summed E-state index contributed by atoms with van der Waals surface area (Å²) in [7, 11) is 1.73. The SMILES string of the molecule is Cn1ncc2c(=O)n(CC3CCC(C(=O)NN)O3)cnc21. The topological polar surface area (TPSA) is 117 Å². The van der Waals surface area contributed by atoms with Crippen LogP contribution < -0.4 is 16.8 Å². The largest absolute Gasteiger partial charge is 0.363 e. The van der Waals surface area contributed by atoms with Gasteiger partial charge in [0.2, 0.25) is 0 Å². The molecule has 0 bridgehead atoms. The molecule has 21 heavy (non-hydrogen) atoms. The van der Waals surface area contributed by atoms with Gasteiger partial charge in [-0.3, -0.25) is 24.3 Å². The fraction of sp³-hybridized carbons (Fsp3) is 0.500. The zero-order valence-corrected chi connectivity index (χ0v) is 11.5. The number of aromatic nitrogens is 4. The van der Waals surface area contributed by atoms with Gasteiger partial charge < -0.3 is 4.74 Å². The number of hydrazine groups is 1. The molecule has 0 spiro atoms. The number of carbonyl (C=O) groups excluding carboxylic acids is 1. The standard InChI is InChI=1S/C12H16N6O3/c1-17-10-8(4-15-17)12(20)18(6-14-10)5-7-2-3-9(21-7)11(19)16-13/h4,6-7,9H,2-3,5,13H2,1H3,(H,16,19). The normalized spacial score (nSPS) is 21.8. The number of carbonyl (C=O) groups is 1. The van der Waals surface area contributed by atoms with Crippen LogP contribution in [0.15, 0.2) is 17.3 Å². The van der Waals surface area contributed by atoms with E-state index in [1.54, 1.807) is 11.7 Å². The van der Waals surface area contributed by atoms with Crippen LogP contribution in [0.3, 0.4) is 0 Å². The molecule has 0 aromatic carbocycles. The lowest BCUT2D eigenvalue weighted by atomic mass is 10.2. The van der Waals surface area contributed by atoms with Gasteiger partial charge >= 0.3 is 0 Å². The van der Waals surface area contributed by atoms with E-state index in [9.17, 15) is 9.59 Å². The monoisotopic (exact) mass is 292 g/mol. The molecule has 1 fully saturated rings. The molecular formula is C12H16N6O3. The average molecular weight is 292 g/mol. The van der Waals surface area contributed by atoms with Crippen LogP contribution >= 0.6 is 0 Å². The van der Waals surface area contributed by atoms with Gasteiger partial charge in [-0.25, -0.2) is 10.8 Å². The lowest BCUT2D eigenvalue weighted by molar-refractivity contribution is -0.132. The predicted molar refractivity (Wildman–Crippen MR) is 73.0 cm³/mol. The Labute approximate surface area is 119 Å². The summed E-state index contributed by atoms with van der Waals surface area (Å²) >= 11 is 0. The molecule has 1 aliphatic heterocycles. The molecule has 3 rings (SSSR count). The summed E-state index contributed by atoms with van der Waals surface area (Å²) in [5, 5.41) is 4.49. The molecule has 3 heterocycles. The number of ether oxygens (including phenoxy) is 1. The molecule has 112 valence electrons. The first kappa shape index (κ1) is 13.7. The number of hydrogen-bond donors (Lipinski definition) is 2. The maximum absolute atomic E-state index is 12.3. The van der Waals surface area contributed by atoms with E-state index in [-0.39, 0.29) is 17.6 Å². The molecule has 2 unspecified atom stereocenters. The molecule has 3 N–H and O–H groups in total. The summed E-state index contributed by atoms with van der Waals surface area (Å²) in [4.78, 5) is 27.9. The fourth-order valence-electron chi connectivity index (χ4n) is 2.54. The first-order valence-electron chi connectivity index (χ1n) is 6.63. The van der Waals surface area contributed by atoms with Crippen LogP contribution in [0, 0.1) is 0 Å². The molecule has 2 aromatic heterocycles. The highest BCUT2D eigenvalue weighted by Crippen LogP contribution is 2.20. The van der Waals surface area contributed by atoms with Crippen LogP contribution in [-0.4, -0.2) is 37.4 Å². The maximum Gasteiger partial charge on any atom is 0.264 e. The van der Waals surface area contributed by atoms with E-state index in [4.69, 9.17) is 10.6 Å². The Kier molecular flexibility index (Phi) is 3.43. The second kappa shape index (κ2) is 5.26. The molecule has 0 saturated carbocycles. The smallest absolute Gasteiger partial charge is 0.264 e. The van der Waals surface area contributed by atoms with E-state index in [0.717, 1.165) is 0 Å². The van der Waals surface area contributed by atoms with Gasteiger partial charge in [0, 0.05) is 7.05 Å². The fourth-order valence-corrected chi connectivity index (χ4v) is 2.54. The Morgan fingerprint density at radius 1 is 1.57 bits per heavy atom. The van der Waals surface area contributed by atoms with Gasteiger partial charge in [-0.05, 0) is 12.8 Å². The van der Waals surface area contributed by atoms with Crippen molar-refractivity contribution in [1.82, 2.24) is 24.8 Å². The Morgan fingerprint density at radius 2 is 2.38 bits per heavy atom. The Balaban J connectivity index is 1.79. The number of nitrogens with one attached hydrogen (secondary N) is 1. The van der Waals surface area contributed by atoms with Crippen LogP contribution in [0.25, 0.3) is 11.0 Å². The highest BCUT2D eigenvalue weighted by Gasteiger charge is 2.30. The zero-order chi connectivity index (χ0) is 15.0. The molecule has 1 aliphatic rings. The average Bonchev–Trinajstić information content (AvgIpc) is 3.09. The number of hydrogen-bond acceptors (Lipinski definition) is 6. The third kappa shape index (κ3) is 2.41. The Morgan fingerprint density at radius 3 is 3.14 bits per heavy atom. The van der Waals surface area contributed by atoms with Crippen molar-refractivity contribution in [1.29, 1.82) is 0 Å². The maximum atomic E-state index is 12.3. The van der Waals surface area contributed by atoms with Gasteiger partial charge in [-0.2, -0.15) is 5.10 Å². The van der Waals surface area contributed by atoms with E-state index >= 15 is 0 Å². The Bertz CT molecular complexity index is 736. The second-order valence-corrected chi connectivity index (χ2v) is 5.04. The van der Waals surface area contributed by atoms with Crippen molar-refractivity contribution in [3.63, 3.8) is 0 Å². The van der Waals surface area contributed by atoms with E-state index in [0.29, 0.717) is 30.4 Å². The first-order valence-corrected chi connectivity index (χ1v) is 6.63. The number of amides is 1. The van der Waals surface area contributed by atoms with E-state index in [1.165, 1.54) is 17.1 Å². The molecule has 0 radical (unpaired) electrons. The quantitative estimate of drug-likeness (QED) is 0.411. The minimum absolute atomic E-state index is 0.163. The van der Waals surface area contributed by atoms with E-state index in [2.05, 4.69) is 15.5 Å². The molecule has 0 aliphatic carbocycles. The zero-order valence-electron chi connectivity index (χ0n) is 11.5. The third-order valence-corrected chi connectivity index (χ3v) is 3.66. The minimum Gasteiger partial charge on any atom is -0.363 e. The van der Waals surface area contributed by atoms with E-state index in [1.807, 2.05) is 0 Å². The van der Waals surface area contributed by atoms with E-state index < -0.39 is 6.10 Å². The van der Waals surface area contributed by atoms with Crippen molar-refractivity contribution in [2.24, 2.45) is 12.9 Å². The van der Waals surface area contributed by atoms with Crippen molar-refractivity contribution in [3.8, 4) is 0 Å². The predicted octanol–water partition coefficient (Wildman–Crippen LogP) is -1.33. The van der Waals surface area contributed by atoms with Gasteiger partial charge in [0.15, 0.2) is 5.65 Å². The molecular weight excluding hydrogens is 276 g/mol. The van der Waals surface area contributed by atoms with Crippen LogP contribution in [0.2, 0.25) is 0 Å². The summed E-state index contributed by atoms with van der Waals surface area (Å²) in [6, 6.07) is 0. The molecule has 1 amide bonds. The number of rotatable bonds is 3. The summed E-state index contributed by atoms with van der Waals surface area (Å²) < 4.78 is 8.62. The first-order chi connectivity index (χ1) is 10.1. The van der Waals surface area contributed by atoms with Crippen LogP contribution in [0.5, 0.6) is 0 Å². The van der Waals surface area contributed by atoms with Crippen molar-refractivity contribution in [2.45, 2.75) is 31.6 Å². The summed E-state index contributed by atoms with van der Waals surface area (Å²) in [5.41, 5.74) is 2.46. The van der Waals surface area contributed by atoms with Gasteiger partial charge in [0.25, 0.3) is 11.5 Å².